The number of nitrogens with two attached hydrogens (primary N) is 1. The minimum Gasteiger partial charge on any atom is -0.395 e. The Kier molecular flexibility index (Phi) is 5.73. The van der Waals surface area contributed by atoms with Crippen molar-refractivity contribution in [1.29, 1.82) is 0 Å². The molecular formula is C13H28N2O. The Morgan fingerprint density at radius 3 is 2.38 bits per heavy atom. The fraction of sp³-hybridized carbons (Fsp3) is 1.00. The van der Waals surface area contributed by atoms with Crippen LogP contribution >= 0.6 is 0 Å². The first kappa shape index (κ1) is 13.9. The van der Waals surface area contributed by atoms with Crippen molar-refractivity contribution >= 4 is 0 Å². The van der Waals surface area contributed by atoms with E-state index in [0.29, 0.717) is 11.8 Å². The molecule has 0 aliphatic heterocycles. The topological polar surface area (TPSA) is 49.5 Å². The van der Waals surface area contributed by atoms with E-state index in [2.05, 4.69) is 25.7 Å². The molecule has 1 saturated carbocycles. The summed E-state index contributed by atoms with van der Waals surface area (Å²) >= 11 is 0. The van der Waals surface area contributed by atoms with Crippen molar-refractivity contribution in [1.82, 2.24) is 4.90 Å². The number of hydrogen-bond donors (Lipinski definition) is 2. The minimum atomic E-state index is 0.159. The maximum Gasteiger partial charge on any atom is 0.0602 e. The maximum atomic E-state index is 9.54. The van der Waals surface area contributed by atoms with Crippen molar-refractivity contribution in [2.75, 3.05) is 19.7 Å². The van der Waals surface area contributed by atoms with Crippen LogP contribution in [-0.2, 0) is 0 Å². The third-order valence-corrected chi connectivity index (χ3v) is 3.92. The molecule has 0 spiro atoms. The van der Waals surface area contributed by atoms with Gasteiger partial charge >= 0.3 is 0 Å². The standard InChI is InChI=1S/C13H28N2O/c1-4-10(3)8-15(5-2)12(9-16)13(14)11-6-7-11/h10-13,16H,4-9,14H2,1-3H3. The zero-order valence-electron chi connectivity index (χ0n) is 11.0. The second-order valence-electron chi connectivity index (χ2n) is 5.27. The predicted molar refractivity (Wildman–Crippen MR) is 68.3 cm³/mol. The highest BCUT2D eigenvalue weighted by Crippen LogP contribution is 2.34. The highest BCUT2D eigenvalue weighted by molar-refractivity contribution is 4.93. The van der Waals surface area contributed by atoms with Crippen LogP contribution in [0.4, 0.5) is 0 Å². The largest absolute Gasteiger partial charge is 0.395 e. The van der Waals surface area contributed by atoms with Gasteiger partial charge < -0.3 is 10.8 Å². The molecule has 3 N–H and O–H groups in total. The van der Waals surface area contributed by atoms with Gasteiger partial charge in [-0.2, -0.15) is 0 Å². The Hall–Kier alpha value is -0.120. The van der Waals surface area contributed by atoms with Gasteiger partial charge in [-0.15, -0.1) is 0 Å². The molecule has 3 unspecified atom stereocenters. The first-order chi connectivity index (χ1) is 7.63. The summed E-state index contributed by atoms with van der Waals surface area (Å²) < 4.78 is 0. The van der Waals surface area contributed by atoms with Gasteiger partial charge in [0, 0.05) is 18.6 Å². The summed E-state index contributed by atoms with van der Waals surface area (Å²) in [5.41, 5.74) is 6.23. The molecule has 0 heterocycles. The Morgan fingerprint density at radius 2 is 2.00 bits per heavy atom. The smallest absolute Gasteiger partial charge is 0.0602 e. The van der Waals surface area contributed by atoms with E-state index >= 15 is 0 Å². The molecule has 3 heteroatoms. The zero-order chi connectivity index (χ0) is 12.1. The molecule has 0 bridgehead atoms. The van der Waals surface area contributed by atoms with Crippen molar-refractivity contribution in [2.45, 2.75) is 52.1 Å². The fourth-order valence-electron chi connectivity index (χ4n) is 2.30. The molecule has 0 amide bonds. The third kappa shape index (κ3) is 3.72. The number of rotatable bonds is 8. The molecule has 1 aliphatic rings. The van der Waals surface area contributed by atoms with Crippen molar-refractivity contribution in [3.8, 4) is 0 Å². The molecule has 0 aromatic rings. The van der Waals surface area contributed by atoms with Gasteiger partial charge in [-0.05, 0) is 31.2 Å². The molecule has 0 aromatic heterocycles. The summed E-state index contributed by atoms with van der Waals surface area (Å²) in [7, 11) is 0. The normalized spacial score (nSPS) is 22.1. The number of aliphatic hydroxyl groups excluding tert-OH is 1. The van der Waals surface area contributed by atoms with Crippen LogP contribution in [-0.4, -0.2) is 41.8 Å². The Morgan fingerprint density at radius 1 is 1.38 bits per heavy atom. The highest BCUT2D eigenvalue weighted by Gasteiger charge is 2.36. The van der Waals surface area contributed by atoms with Crippen LogP contribution < -0.4 is 5.73 Å². The number of hydrogen-bond acceptors (Lipinski definition) is 3. The van der Waals surface area contributed by atoms with E-state index in [4.69, 9.17) is 5.73 Å². The monoisotopic (exact) mass is 228 g/mol. The Balaban J connectivity index is 2.52. The van der Waals surface area contributed by atoms with E-state index in [1.165, 1.54) is 19.3 Å². The Bertz CT molecular complexity index is 194. The van der Waals surface area contributed by atoms with Crippen molar-refractivity contribution < 1.29 is 5.11 Å². The summed E-state index contributed by atoms with van der Waals surface area (Å²) in [5.74, 6) is 1.34. The predicted octanol–water partition coefficient (Wildman–Crippen LogP) is 1.45. The second kappa shape index (κ2) is 6.58. The van der Waals surface area contributed by atoms with Crippen LogP contribution in [0.2, 0.25) is 0 Å². The summed E-state index contributed by atoms with van der Waals surface area (Å²) in [6.45, 7) is 8.87. The van der Waals surface area contributed by atoms with Gasteiger partial charge in [0.25, 0.3) is 0 Å². The zero-order valence-corrected chi connectivity index (χ0v) is 11.0. The lowest BCUT2D eigenvalue weighted by Crippen LogP contribution is -2.52. The molecule has 0 saturated heterocycles. The number of nitrogens with zero attached hydrogens (tertiary/aromatic N) is 1. The minimum absolute atomic E-state index is 0.159. The van der Waals surface area contributed by atoms with Crippen molar-refractivity contribution in [3.63, 3.8) is 0 Å². The average molecular weight is 228 g/mol. The summed E-state index contributed by atoms with van der Waals surface area (Å²) in [5, 5.41) is 9.54. The lowest BCUT2D eigenvalue weighted by Gasteiger charge is -2.35. The lowest BCUT2D eigenvalue weighted by molar-refractivity contribution is 0.0900. The second-order valence-corrected chi connectivity index (χ2v) is 5.27. The van der Waals surface area contributed by atoms with E-state index in [9.17, 15) is 5.11 Å². The van der Waals surface area contributed by atoms with Crippen LogP contribution in [0.1, 0.15) is 40.0 Å². The summed E-state index contributed by atoms with van der Waals surface area (Å²) in [6.07, 6.45) is 3.68. The van der Waals surface area contributed by atoms with Gasteiger partial charge in [0.1, 0.15) is 0 Å². The quantitative estimate of drug-likeness (QED) is 0.661. The van der Waals surface area contributed by atoms with E-state index in [1.54, 1.807) is 0 Å². The SMILES string of the molecule is CCC(C)CN(CC)C(CO)C(N)C1CC1. The lowest BCUT2D eigenvalue weighted by atomic mass is 10.0. The van der Waals surface area contributed by atoms with Gasteiger partial charge in [0.15, 0.2) is 0 Å². The van der Waals surface area contributed by atoms with Crippen molar-refractivity contribution in [2.24, 2.45) is 17.6 Å². The average Bonchev–Trinajstić information content (AvgIpc) is 3.11. The molecule has 1 rings (SSSR count). The molecule has 3 nitrogen and oxygen atoms in total. The molecule has 3 atom stereocenters. The van der Waals surface area contributed by atoms with E-state index in [-0.39, 0.29) is 18.7 Å². The first-order valence-corrected chi connectivity index (χ1v) is 6.74. The van der Waals surface area contributed by atoms with Gasteiger partial charge in [-0.25, -0.2) is 0 Å². The maximum absolute atomic E-state index is 9.54. The Labute approximate surface area is 100 Å². The molecule has 0 aromatic carbocycles. The number of aliphatic hydroxyl groups is 1. The highest BCUT2D eigenvalue weighted by atomic mass is 16.3. The molecule has 0 radical (unpaired) electrons. The van der Waals surface area contributed by atoms with E-state index in [0.717, 1.165) is 13.1 Å². The van der Waals surface area contributed by atoms with Crippen molar-refractivity contribution in [3.05, 3.63) is 0 Å². The molecule has 16 heavy (non-hydrogen) atoms. The van der Waals surface area contributed by atoms with Crippen LogP contribution in [0.15, 0.2) is 0 Å². The van der Waals surface area contributed by atoms with Crippen LogP contribution in [0, 0.1) is 11.8 Å². The van der Waals surface area contributed by atoms with Gasteiger partial charge in [-0.1, -0.05) is 27.2 Å². The van der Waals surface area contributed by atoms with E-state index in [1.807, 2.05) is 0 Å². The van der Waals surface area contributed by atoms with Gasteiger partial charge in [0.05, 0.1) is 6.61 Å². The van der Waals surface area contributed by atoms with Gasteiger partial charge in [0.2, 0.25) is 0 Å². The number of likely N-dealkylation sites (N-methyl/N-ethyl adjacent to an activating group) is 1. The fourth-order valence-corrected chi connectivity index (χ4v) is 2.30. The summed E-state index contributed by atoms with van der Waals surface area (Å²) in [6, 6.07) is 0.320. The first-order valence-electron chi connectivity index (χ1n) is 6.74. The van der Waals surface area contributed by atoms with Gasteiger partial charge in [-0.3, -0.25) is 4.90 Å². The van der Waals surface area contributed by atoms with Crippen LogP contribution in [0.5, 0.6) is 0 Å². The molecule has 1 fully saturated rings. The third-order valence-electron chi connectivity index (χ3n) is 3.92. The molecule has 96 valence electrons. The van der Waals surface area contributed by atoms with E-state index < -0.39 is 0 Å². The summed E-state index contributed by atoms with van der Waals surface area (Å²) in [4.78, 5) is 2.36. The molecule has 1 aliphatic carbocycles. The van der Waals surface area contributed by atoms with Crippen LogP contribution in [0.3, 0.4) is 0 Å². The van der Waals surface area contributed by atoms with Crippen LogP contribution in [0.25, 0.3) is 0 Å². The molecular weight excluding hydrogens is 200 g/mol.